The van der Waals surface area contributed by atoms with Crippen molar-refractivity contribution in [1.82, 2.24) is 9.78 Å². The third kappa shape index (κ3) is 3.58. The average Bonchev–Trinajstić information content (AvgIpc) is 3.28. The van der Waals surface area contributed by atoms with Crippen molar-refractivity contribution in [3.8, 4) is 0 Å². The number of anilines is 2. The van der Waals surface area contributed by atoms with Crippen LogP contribution < -0.4 is 10.2 Å². The van der Waals surface area contributed by atoms with E-state index in [9.17, 15) is 4.79 Å². The molecule has 6 heteroatoms. The number of thiophene rings is 1. The zero-order valence-corrected chi connectivity index (χ0v) is 14.7. The molecule has 0 saturated heterocycles. The van der Waals surface area contributed by atoms with Gasteiger partial charge in [-0.1, -0.05) is 24.3 Å². The van der Waals surface area contributed by atoms with Crippen LogP contribution in [0.1, 0.15) is 16.9 Å². The van der Waals surface area contributed by atoms with Crippen LogP contribution in [-0.2, 0) is 17.8 Å². The Hall–Kier alpha value is -2.60. The maximum absolute atomic E-state index is 12.6. The Morgan fingerprint density at radius 1 is 1.20 bits per heavy atom. The van der Waals surface area contributed by atoms with E-state index in [1.54, 1.807) is 17.5 Å². The number of aromatic nitrogens is 2. The molecule has 0 spiro atoms. The Balaban J connectivity index is 1.43. The van der Waals surface area contributed by atoms with Crippen LogP contribution >= 0.6 is 11.3 Å². The molecule has 0 aliphatic carbocycles. The first-order valence-electron chi connectivity index (χ1n) is 8.46. The van der Waals surface area contributed by atoms with Crippen molar-refractivity contribution in [1.29, 1.82) is 0 Å². The molecular weight excluding hydrogens is 332 g/mol. The SMILES string of the molecule is O=C(CN1CCCc2ccccc21)Nc1ccnn1Cc1cccs1. The van der Waals surface area contributed by atoms with Crippen molar-refractivity contribution in [2.75, 3.05) is 23.3 Å². The minimum Gasteiger partial charge on any atom is -0.362 e. The van der Waals surface area contributed by atoms with Crippen LogP contribution in [0.2, 0.25) is 0 Å². The quantitative estimate of drug-likeness (QED) is 0.766. The Bertz CT molecular complexity index is 856. The van der Waals surface area contributed by atoms with E-state index in [0.29, 0.717) is 13.1 Å². The number of nitrogens with one attached hydrogen (secondary N) is 1. The molecule has 0 radical (unpaired) electrons. The number of benzene rings is 1. The Labute approximate surface area is 150 Å². The fourth-order valence-electron chi connectivity index (χ4n) is 3.25. The zero-order valence-electron chi connectivity index (χ0n) is 13.9. The lowest BCUT2D eigenvalue weighted by Gasteiger charge is -2.30. The van der Waals surface area contributed by atoms with Gasteiger partial charge in [-0.25, -0.2) is 4.68 Å². The molecule has 128 valence electrons. The van der Waals surface area contributed by atoms with Crippen molar-refractivity contribution < 1.29 is 4.79 Å². The number of hydrogen-bond donors (Lipinski definition) is 1. The van der Waals surface area contributed by atoms with Gasteiger partial charge in [-0.15, -0.1) is 11.3 Å². The highest BCUT2D eigenvalue weighted by Crippen LogP contribution is 2.26. The average molecular weight is 352 g/mol. The summed E-state index contributed by atoms with van der Waals surface area (Å²) in [5.41, 5.74) is 2.50. The second-order valence-corrected chi connectivity index (χ2v) is 7.19. The summed E-state index contributed by atoms with van der Waals surface area (Å²) in [6.07, 6.45) is 3.89. The summed E-state index contributed by atoms with van der Waals surface area (Å²) in [4.78, 5) is 15.9. The monoisotopic (exact) mass is 352 g/mol. The van der Waals surface area contributed by atoms with E-state index in [4.69, 9.17) is 0 Å². The standard InChI is InChI=1S/C19H20N4OS/c24-19(14-22-11-3-6-15-5-1-2-8-17(15)22)21-18-9-10-20-23(18)13-16-7-4-12-25-16/h1-2,4-5,7-10,12H,3,6,11,13-14H2,(H,21,24). The maximum atomic E-state index is 12.6. The molecule has 1 N–H and O–H groups in total. The lowest BCUT2D eigenvalue weighted by Crippen LogP contribution is -2.37. The lowest BCUT2D eigenvalue weighted by atomic mass is 10.0. The second kappa shape index (κ2) is 7.11. The Morgan fingerprint density at radius 2 is 2.12 bits per heavy atom. The van der Waals surface area contributed by atoms with Gasteiger partial charge < -0.3 is 10.2 Å². The van der Waals surface area contributed by atoms with Crippen LogP contribution in [0.3, 0.4) is 0 Å². The first-order valence-corrected chi connectivity index (χ1v) is 9.34. The largest absolute Gasteiger partial charge is 0.362 e. The van der Waals surface area contributed by atoms with Crippen molar-refractivity contribution in [2.24, 2.45) is 0 Å². The highest BCUT2D eigenvalue weighted by Gasteiger charge is 2.19. The summed E-state index contributed by atoms with van der Waals surface area (Å²) >= 11 is 1.69. The van der Waals surface area contributed by atoms with Gasteiger partial charge in [0.2, 0.25) is 5.91 Å². The molecule has 4 rings (SSSR count). The zero-order chi connectivity index (χ0) is 17.1. The van der Waals surface area contributed by atoms with Crippen LogP contribution in [0.4, 0.5) is 11.5 Å². The predicted molar refractivity (Wildman–Crippen MR) is 101 cm³/mol. The molecule has 25 heavy (non-hydrogen) atoms. The topological polar surface area (TPSA) is 50.2 Å². The van der Waals surface area contributed by atoms with E-state index in [0.717, 1.165) is 25.2 Å². The van der Waals surface area contributed by atoms with Crippen molar-refractivity contribution in [3.05, 3.63) is 64.5 Å². The fraction of sp³-hybridized carbons (Fsp3) is 0.263. The predicted octanol–water partition coefficient (Wildman–Crippen LogP) is 3.38. The number of fused-ring (bicyclic) bond motifs is 1. The van der Waals surface area contributed by atoms with E-state index >= 15 is 0 Å². The van der Waals surface area contributed by atoms with Gasteiger partial charge in [0.05, 0.1) is 19.3 Å². The molecule has 0 unspecified atom stereocenters. The maximum Gasteiger partial charge on any atom is 0.245 e. The number of para-hydroxylation sites is 1. The van der Waals surface area contributed by atoms with Gasteiger partial charge in [-0.05, 0) is 35.9 Å². The van der Waals surface area contributed by atoms with Gasteiger partial charge in [0.25, 0.3) is 0 Å². The summed E-state index contributed by atoms with van der Waals surface area (Å²) < 4.78 is 1.83. The Kier molecular flexibility index (Phi) is 4.52. The molecule has 0 atom stereocenters. The molecule has 3 aromatic rings. The van der Waals surface area contributed by atoms with E-state index in [2.05, 4.69) is 39.6 Å². The van der Waals surface area contributed by atoms with Crippen LogP contribution in [0.15, 0.2) is 54.0 Å². The van der Waals surface area contributed by atoms with Gasteiger partial charge in [0.15, 0.2) is 0 Å². The normalized spacial score (nSPS) is 13.5. The molecule has 1 aliphatic rings. The van der Waals surface area contributed by atoms with Gasteiger partial charge in [0, 0.05) is 23.2 Å². The van der Waals surface area contributed by atoms with Gasteiger partial charge >= 0.3 is 0 Å². The molecule has 0 bridgehead atoms. The molecule has 1 aliphatic heterocycles. The fourth-order valence-corrected chi connectivity index (χ4v) is 3.93. The third-order valence-corrected chi connectivity index (χ3v) is 5.27. The highest BCUT2D eigenvalue weighted by molar-refractivity contribution is 7.09. The van der Waals surface area contributed by atoms with Crippen molar-refractivity contribution >= 4 is 28.7 Å². The number of hydrogen-bond acceptors (Lipinski definition) is 4. The minimum atomic E-state index is -0.00960. The lowest BCUT2D eigenvalue weighted by molar-refractivity contribution is -0.115. The minimum absolute atomic E-state index is 0.00960. The molecule has 5 nitrogen and oxygen atoms in total. The van der Waals surface area contributed by atoms with E-state index < -0.39 is 0 Å². The van der Waals surface area contributed by atoms with Gasteiger partial charge in [-0.3, -0.25) is 4.79 Å². The van der Waals surface area contributed by atoms with E-state index in [1.807, 2.05) is 28.3 Å². The number of carbonyl (C=O) groups is 1. The van der Waals surface area contributed by atoms with Crippen LogP contribution in [0, 0.1) is 0 Å². The van der Waals surface area contributed by atoms with Crippen LogP contribution in [-0.4, -0.2) is 28.8 Å². The summed E-state index contributed by atoms with van der Waals surface area (Å²) in [7, 11) is 0. The molecular formula is C19H20N4OS. The first kappa shape index (κ1) is 15.9. The number of aryl methyl sites for hydroxylation is 1. The first-order chi connectivity index (χ1) is 12.3. The van der Waals surface area contributed by atoms with E-state index in [1.165, 1.54) is 16.1 Å². The smallest absolute Gasteiger partial charge is 0.245 e. The molecule has 2 aromatic heterocycles. The highest BCUT2D eigenvalue weighted by atomic mass is 32.1. The van der Waals surface area contributed by atoms with Crippen molar-refractivity contribution in [2.45, 2.75) is 19.4 Å². The number of carbonyl (C=O) groups excluding carboxylic acids is 1. The summed E-state index contributed by atoms with van der Waals surface area (Å²) in [6, 6.07) is 14.3. The van der Waals surface area contributed by atoms with Crippen molar-refractivity contribution in [3.63, 3.8) is 0 Å². The molecule has 1 amide bonds. The molecule has 0 saturated carbocycles. The van der Waals surface area contributed by atoms with E-state index in [-0.39, 0.29) is 5.91 Å². The van der Waals surface area contributed by atoms with Gasteiger partial charge in [-0.2, -0.15) is 5.10 Å². The van der Waals surface area contributed by atoms with Gasteiger partial charge in [0.1, 0.15) is 5.82 Å². The Morgan fingerprint density at radius 3 is 3.00 bits per heavy atom. The van der Waals surface area contributed by atoms with Crippen LogP contribution in [0.5, 0.6) is 0 Å². The second-order valence-electron chi connectivity index (χ2n) is 6.16. The summed E-state index contributed by atoms with van der Waals surface area (Å²) in [6.45, 7) is 1.95. The number of amides is 1. The molecule has 1 aromatic carbocycles. The third-order valence-electron chi connectivity index (χ3n) is 4.41. The summed E-state index contributed by atoms with van der Waals surface area (Å²) in [5, 5.41) is 9.37. The molecule has 3 heterocycles. The molecule has 0 fully saturated rings. The number of rotatable bonds is 5. The van der Waals surface area contributed by atoms with Crippen LogP contribution in [0.25, 0.3) is 0 Å². The summed E-state index contributed by atoms with van der Waals surface area (Å²) in [5.74, 6) is 0.730. The number of nitrogens with zero attached hydrogens (tertiary/aromatic N) is 3.